The lowest BCUT2D eigenvalue weighted by Crippen LogP contribution is -2.07. The normalized spacial score (nSPS) is 10.8. The Morgan fingerprint density at radius 1 is 1.06 bits per heavy atom. The van der Waals surface area contributed by atoms with Crippen LogP contribution in [0.2, 0.25) is 0 Å². The van der Waals surface area contributed by atoms with Gasteiger partial charge in [-0.3, -0.25) is 0 Å². The molecular weight excluding hydrogens is 448 g/mol. The third-order valence-electron chi connectivity index (χ3n) is 4.98. The second kappa shape index (κ2) is 10.7. The van der Waals surface area contributed by atoms with Crippen LogP contribution in [-0.4, -0.2) is 16.6 Å². The topological polar surface area (TPSA) is 126 Å². The highest BCUT2D eigenvalue weighted by Crippen LogP contribution is 2.29. The predicted octanol–water partition coefficient (Wildman–Crippen LogP) is 5.57. The maximum absolute atomic E-state index is 11.5. The molecule has 9 heteroatoms. The predicted molar refractivity (Wildman–Crippen MR) is 136 cm³/mol. The van der Waals surface area contributed by atoms with Gasteiger partial charge >= 0.3 is 0 Å². The van der Waals surface area contributed by atoms with Crippen molar-refractivity contribution in [3.05, 3.63) is 84.6 Å². The maximum atomic E-state index is 11.5. The molecule has 0 amide bonds. The molecule has 0 saturated carbocycles. The fourth-order valence-electron chi connectivity index (χ4n) is 3.39. The van der Waals surface area contributed by atoms with Crippen LogP contribution in [0.15, 0.2) is 83.9 Å². The van der Waals surface area contributed by atoms with Gasteiger partial charge in [0.05, 0.1) is 6.61 Å². The number of nitrogen functional groups attached to an aromatic ring is 1. The minimum atomic E-state index is -1.82. The van der Waals surface area contributed by atoms with Crippen LogP contribution in [0, 0.1) is 4.78 Å². The maximum Gasteiger partial charge on any atom is 0.229 e. The highest BCUT2D eigenvalue weighted by atomic mass is 32.2. The third kappa shape index (κ3) is 5.81. The van der Waals surface area contributed by atoms with Crippen molar-refractivity contribution in [3.63, 3.8) is 0 Å². The van der Waals surface area contributed by atoms with Gasteiger partial charge in [-0.25, -0.2) is 4.98 Å². The summed E-state index contributed by atoms with van der Waals surface area (Å²) in [5.74, 6) is 1.81. The molecule has 0 fully saturated rings. The minimum absolute atomic E-state index is 0.373. The number of rotatable bonds is 9. The number of nitrogens with two attached hydrogens (primary N) is 1. The summed E-state index contributed by atoms with van der Waals surface area (Å²) >= 11 is 0. The van der Waals surface area contributed by atoms with Gasteiger partial charge in [0.2, 0.25) is 5.95 Å². The molecule has 1 heterocycles. The average Bonchev–Trinajstić information content (AvgIpc) is 2.84. The molecule has 5 N–H and O–H groups in total. The van der Waals surface area contributed by atoms with E-state index < -0.39 is 10.6 Å². The summed E-state index contributed by atoms with van der Waals surface area (Å²) in [6.45, 7) is 3.08. The van der Waals surface area contributed by atoms with E-state index in [4.69, 9.17) is 20.2 Å². The number of anilines is 4. The monoisotopic (exact) mass is 473 g/mol. The smallest absolute Gasteiger partial charge is 0.229 e. The van der Waals surface area contributed by atoms with E-state index >= 15 is 0 Å². The molecule has 0 bridgehead atoms. The Balaban J connectivity index is 1.65. The van der Waals surface area contributed by atoms with Gasteiger partial charge in [-0.15, -0.1) is 0 Å². The molecule has 0 aliphatic carbocycles. The van der Waals surface area contributed by atoms with Crippen molar-refractivity contribution in [1.82, 2.24) is 9.97 Å². The summed E-state index contributed by atoms with van der Waals surface area (Å²) in [5.41, 5.74) is 10.1. The Hall–Kier alpha value is -4.11. The van der Waals surface area contributed by atoms with Gasteiger partial charge in [-0.2, -0.15) is 15.6 Å². The van der Waals surface area contributed by atoms with Crippen LogP contribution in [0.1, 0.15) is 12.5 Å². The van der Waals surface area contributed by atoms with Crippen molar-refractivity contribution >= 4 is 33.7 Å². The number of hydrogen-bond donors (Lipinski definition) is 4. The van der Waals surface area contributed by atoms with E-state index in [1.807, 2.05) is 55.5 Å². The summed E-state index contributed by atoms with van der Waals surface area (Å²) in [6.07, 6.45) is 1.75. The SMILES string of the molecule is CCOc1ccc(-c2cnc(Nc3cccc([S-](=N)=O)c3)nc2NCc2cccc(N)c2)cc1. The van der Waals surface area contributed by atoms with E-state index in [-0.39, 0.29) is 0 Å². The molecule has 174 valence electrons. The zero-order valence-electron chi connectivity index (χ0n) is 18.6. The van der Waals surface area contributed by atoms with Crippen molar-refractivity contribution in [2.45, 2.75) is 18.4 Å². The first-order chi connectivity index (χ1) is 16.5. The first-order valence-corrected chi connectivity index (χ1v) is 11.9. The average molecular weight is 474 g/mol. The molecule has 1 aromatic heterocycles. The number of nitrogens with one attached hydrogen (secondary N) is 3. The van der Waals surface area contributed by atoms with Gasteiger partial charge in [0.1, 0.15) is 11.6 Å². The van der Waals surface area contributed by atoms with Crippen LogP contribution in [-0.2, 0) is 21.3 Å². The fourth-order valence-corrected chi connectivity index (χ4v) is 3.83. The first kappa shape index (κ1) is 23.1. The van der Waals surface area contributed by atoms with Gasteiger partial charge < -0.3 is 30.1 Å². The number of hydrogen-bond acceptors (Lipinski definition) is 9. The number of aromatic nitrogens is 2. The quantitative estimate of drug-likeness (QED) is 0.185. The summed E-state index contributed by atoms with van der Waals surface area (Å²) in [6, 6.07) is 22.3. The van der Waals surface area contributed by atoms with Gasteiger partial charge in [-0.05, 0) is 48.4 Å². The largest absolute Gasteiger partial charge is 0.494 e. The third-order valence-corrected chi connectivity index (χ3v) is 5.66. The molecule has 0 saturated heterocycles. The van der Waals surface area contributed by atoms with Gasteiger partial charge in [0, 0.05) is 29.7 Å². The molecule has 0 aliphatic rings. The molecule has 0 aliphatic heterocycles. The van der Waals surface area contributed by atoms with E-state index in [1.54, 1.807) is 30.5 Å². The highest BCUT2D eigenvalue weighted by Gasteiger charge is 2.11. The van der Waals surface area contributed by atoms with E-state index in [0.717, 1.165) is 22.4 Å². The van der Waals surface area contributed by atoms with Crippen molar-refractivity contribution in [3.8, 4) is 16.9 Å². The molecule has 0 unspecified atom stereocenters. The zero-order chi connectivity index (χ0) is 23.9. The van der Waals surface area contributed by atoms with Gasteiger partial charge in [0.15, 0.2) is 0 Å². The molecule has 4 rings (SSSR count). The molecule has 0 radical (unpaired) electrons. The molecule has 4 aromatic rings. The van der Waals surface area contributed by atoms with E-state index in [0.29, 0.717) is 41.2 Å². The lowest BCUT2D eigenvalue weighted by atomic mass is 10.1. The lowest BCUT2D eigenvalue weighted by Gasteiger charge is -2.14. The van der Waals surface area contributed by atoms with E-state index in [1.165, 1.54) is 0 Å². The van der Waals surface area contributed by atoms with Crippen molar-refractivity contribution in [2.24, 2.45) is 0 Å². The standard InChI is InChI=1S/C25H25N6O2S/c1-2-33-21-11-9-18(10-12-21)23-16-29-25(30-20-7-4-8-22(14-20)34(27)32)31-24(23)28-15-17-5-3-6-19(26)13-17/h3-14,16,27H,2,15,26H2,1H3,(H2,28,29,30,31)/q-1. The molecular formula is C25H25N6O2S-. The Bertz CT molecular complexity index is 1350. The van der Waals surface area contributed by atoms with E-state index in [2.05, 4.69) is 15.6 Å². The first-order valence-electron chi connectivity index (χ1n) is 10.7. The van der Waals surface area contributed by atoms with Gasteiger partial charge in [0.25, 0.3) is 0 Å². The molecule has 34 heavy (non-hydrogen) atoms. The fraction of sp³-hybridized carbons (Fsp3) is 0.120. The summed E-state index contributed by atoms with van der Waals surface area (Å²) in [7, 11) is -1.82. The number of nitrogens with zero attached hydrogens (tertiary/aromatic N) is 2. The second-order valence-corrected chi connectivity index (χ2v) is 8.44. The van der Waals surface area contributed by atoms with Crippen molar-refractivity contribution in [2.75, 3.05) is 23.0 Å². The Morgan fingerprint density at radius 3 is 2.59 bits per heavy atom. The Kier molecular flexibility index (Phi) is 7.24. The van der Waals surface area contributed by atoms with Crippen LogP contribution in [0.5, 0.6) is 5.75 Å². The summed E-state index contributed by atoms with van der Waals surface area (Å²) in [4.78, 5) is 9.57. The van der Waals surface area contributed by atoms with Crippen LogP contribution >= 0.6 is 0 Å². The molecule has 0 spiro atoms. The van der Waals surface area contributed by atoms with Crippen LogP contribution in [0.4, 0.5) is 23.1 Å². The number of benzene rings is 3. The van der Waals surface area contributed by atoms with Crippen molar-refractivity contribution in [1.29, 1.82) is 4.78 Å². The highest BCUT2D eigenvalue weighted by molar-refractivity contribution is 7.73. The Labute approximate surface area is 200 Å². The van der Waals surface area contributed by atoms with Crippen molar-refractivity contribution < 1.29 is 8.95 Å². The molecule has 3 aromatic carbocycles. The van der Waals surface area contributed by atoms with Crippen LogP contribution in [0.3, 0.4) is 0 Å². The molecule has 0 atom stereocenters. The van der Waals surface area contributed by atoms with Gasteiger partial charge in [-0.1, -0.05) is 47.4 Å². The number of ether oxygens (including phenoxy) is 1. The van der Waals surface area contributed by atoms with E-state index in [9.17, 15) is 4.21 Å². The molecule has 8 nitrogen and oxygen atoms in total. The Morgan fingerprint density at radius 2 is 1.85 bits per heavy atom. The minimum Gasteiger partial charge on any atom is -0.494 e. The van der Waals surface area contributed by atoms with Crippen LogP contribution in [0.25, 0.3) is 11.1 Å². The van der Waals surface area contributed by atoms with Crippen LogP contribution < -0.4 is 21.1 Å². The lowest BCUT2D eigenvalue weighted by molar-refractivity contribution is 0.340. The summed E-state index contributed by atoms with van der Waals surface area (Å²) in [5, 5.41) is 6.53. The second-order valence-electron chi connectivity index (χ2n) is 7.43. The zero-order valence-corrected chi connectivity index (χ0v) is 19.4. The summed E-state index contributed by atoms with van der Waals surface area (Å²) < 4.78 is 24.5.